The summed E-state index contributed by atoms with van der Waals surface area (Å²) in [6.07, 6.45) is 40.4. The van der Waals surface area contributed by atoms with E-state index in [0.29, 0.717) is 25.3 Å². The molecule has 0 aliphatic rings. The van der Waals surface area contributed by atoms with E-state index in [0.717, 1.165) is 121 Å². The Morgan fingerprint density at radius 3 is 1.54 bits per heavy atom. The van der Waals surface area contributed by atoms with E-state index < -0.39 is 0 Å². The van der Waals surface area contributed by atoms with Crippen molar-refractivity contribution in [2.75, 3.05) is 32.8 Å². The molecule has 0 heterocycles. The Labute approximate surface area is 378 Å². The zero-order valence-electron chi connectivity index (χ0n) is 41.1. The summed E-state index contributed by atoms with van der Waals surface area (Å²) in [6.45, 7) is 23.6. The van der Waals surface area contributed by atoms with Crippen LogP contribution >= 0.6 is 0 Å². The number of esters is 2. The molecule has 0 aromatic heterocycles. The smallest absolute Gasteiger partial charge is 0.306 e. The molecule has 0 rings (SSSR count). The second kappa shape index (κ2) is 44.0. The molecule has 0 bridgehead atoms. The van der Waals surface area contributed by atoms with Gasteiger partial charge in [-0.25, -0.2) is 4.99 Å². The van der Waals surface area contributed by atoms with Gasteiger partial charge in [0.15, 0.2) is 0 Å². The van der Waals surface area contributed by atoms with Crippen molar-refractivity contribution in [1.29, 1.82) is 0 Å². The van der Waals surface area contributed by atoms with Crippen molar-refractivity contribution in [2.24, 2.45) is 10.7 Å². The number of carbonyl (C=O) groups is 2. The summed E-state index contributed by atoms with van der Waals surface area (Å²) >= 11 is 0. The highest BCUT2D eigenvalue weighted by Gasteiger charge is 2.15. The van der Waals surface area contributed by atoms with Crippen LogP contribution in [0.4, 0.5) is 0 Å². The van der Waals surface area contributed by atoms with Gasteiger partial charge in [0.25, 0.3) is 0 Å². The summed E-state index contributed by atoms with van der Waals surface area (Å²) < 4.78 is 11.5. The Morgan fingerprint density at radius 2 is 1.02 bits per heavy atom. The average Bonchev–Trinajstić information content (AvgIpc) is 3.25. The second-order valence-electron chi connectivity index (χ2n) is 17.6. The Kier molecular flexibility index (Phi) is 42.1. The molecule has 0 aromatic rings. The number of ether oxygens (including phenoxy) is 2. The van der Waals surface area contributed by atoms with Crippen LogP contribution in [0.1, 0.15) is 247 Å². The van der Waals surface area contributed by atoms with Crippen LogP contribution < -0.4 is 5.73 Å². The van der Waals surface area contributed by atoms with Gasteiger partial charge < -0.3 is 25.0 Å². The summed E-state index contributed by atoms with van der Waals surface area (Å²) in [7, 11) is 0. The lowest BCUT2D eigenvalue weighted by atomic mass is 10.0. The first-order valence-electron chi connectivity index (χ1n) is 25.9. The number of hydrogen-bond acceptors (Lipinski definition) is 7. The van der Waals surface area contributed by atoms with Crippen molar-refractivity contribution in [3.05, 3.63) is 36.8 Å². The number of amidine groups is 1. The monoisotopic (exact) mass is 857 g/mol. The first kappa shape index (κ1) is 58.4. The number of carbonyl (C=O) groups excluding carboxylic acids is 2. The van der Waals surface area contributed by atoms with Crippen LogP contribution in [0, 0.1) is 0 Å². The van der Waals surface area contributed by atoms with Crippen LogP contribution in [-0.4, -0.2) is 66.5 Å². The van der Waals surface area contributed by atoms with Gasteiger partial charge in [0.2, 0.25) is 0 Å². The van der Waals surface area contributed by atoms with Crippen LogP contribution in [0.25, 0.3) is 0 Å². The zero-order valence-corrected chi connectivity index (χ0v) is 41.1. The highest BCUT2D eigenvalue weighted by Crippen LogP contribution is 2.19. The Bertz CT molecular complexity index is 1120. The van der Waals surface area contributed by atoms with Crippen LogP contribution in [0.5, 0.6) is 0 Å². The van der Waals surface area contributed by atoms with E-state index in [2.05, 4.69) is 62.6 Å². The van der Waals surface area contributed by atoms with Gasteiger partial charge in [-0.05, 0) is 103 Å². The topological polar surface area (TPSA) is 97.5 Å². The lowest BCUT2D eigenvalue weighted by Gasteiger charge is -2.27. The molecule has 1 unspecified atom stereocenters. The number of rotatable bonds is 46. The molecule has 0 amide bonds. The molecule has 356 valence electrons. The maximum absolute atomic E-state index is 12.8. The minimum absolute atomic E-state index is 0.00935. The van der Waals surface area contributed by atoms with Gasteiger partial charge in [-0.1, -0.05) is 169 Å². The van der Waals surface area contributed by atoms with E-state index in [9.17, 15) is 9.59 Å². The fourth-order valence-corrected chi connectivity index (χ4v) is 8.16. The first-order valence-corrected chi connectivity index (χ1v) is 25.9. The average molecular weight is 857 g/mol. The van der Waals surface area contributed by atoms with Crippen molar-refractivity contribution in [1.82, 2.24) is 9.80 Å². The molecule has 0 saturated heterocycles. The van der Waals surface area contributed by atoms with Gasteiger partial charge in [-0.2, -0.15) is 0 Å². The molecule has 0 saturated carbocycles. The number of allylic oxidation sites excluding steroid dienone is 1. The minimum Gasteiger partial charge on any atom is -0.466 e. The third-order valence-corrected chi connectivity index (χ3v) is 12.0. The Hall–Kier alpha value is -2.61. The van der Waals surface area contributed by atoms with E-state index >= 15 is 0 Å². The quantitative estimate of drug-likeness (QED) is 0.0282. The SMILES string of the molecule is C=CN=C(N)/C(CCC)=C(\C)N(C=C)CCCN(CCCCCCCC(=O)OCCCCCCCCC)CCCCCCCC(=O)OC(CCCCCC)CCCCCCC. The highest BCUT2D eigenvalue weighted by molar-refractivity contribution is 5.97. The Balaban J connectivity index is 4.88. The van der Waals surface area contributed by atoms with Crippen molar-refractivity contribution in [3.63, 3.8) is 0 Å². The molecule has 61 heavy (non-hydrogen) atoms. The third kappa shape index (κ3) is 35.5. The van der Waals surface area contributed by atoms with Gasteiger partial charge in [0, 0.05) is 36.9 Å². The molecule has 0 radical (unpaired) electrons. The molecule has 2 N–H and O–H groups in total. The summed E-state index contributed by atoms with van der Waals surface area (Å²) in [5.74, 6) is 0.518. The maximum atomic E-state index is 12.8. The summed E-state index contributed by atoms with van der Waals surface area (Å²) in [5.41, 5.74) is 8.51. The van der Waals surface area contributed by atoms with Crippen molar-refractivity contribution in [3.8, 4) is 0 Å². The van der Waals surface area contributed by atoms with Gasteiger partial charge in [-0.15, -0.1) is 0 Å². The Morgan fingerprint density at radius 1 is 0.557 bits per heavy atom. The third-order valence-electron chi connectivity index (χ3n) is 12.0. The predicted molar refractivity (Wildman–Crippen MR) is 264 cm³/mol. The summed E-state index contributed by atoms with van der Waals surface area (Å²) in [6, 6.07) is 0. The number of nitrogens with two attached hydrogens (primary N) is 1. The van der Waals surface area contributed by atoms with Gasteiger partial charge in [0.05, 0.1) is 6.61 Å². The van der Waals surface area contributed by atoms with Crippen LogP contribution in [0.2, 0.25) is 0 Å². The minimum atomic E-state index is -0.0291. The van der Waals surface area contributed by atoms with Crippen LogP contribution in [-0.2, 0) is 19.1 Å². The lowest BCUT2D eigenvalue weighted by Crippen LogP contribution is -2.30. The van der Waals surface area contributed by atoms with E-state index in [1.165, 1.54) is 122 Å². The highest BCUT2D eigenvalue weighted by atomic mass is 16.5. The lowest BCUT2D eigenvalue weighted by molar-refractivity contribution is -0.150. The van der Waals surface area contributed by atoms with E-state index in [-0.39, 0.29) is 18.0 Å². The first-order chi connectivity index (χ1) is 29.8. The van der Waals surface area contributed by atoms with Gasteiger partial charge in [0.1, 0.15) is 11.9 Å². The largest absolute Gasteiger partial charge is 0.466 e. The fraction of sp³-hybridized carbons (Fsp3) is 0.830. The fourth-order valence-electron chi connectivity index (χ4n) is 8.16. The standard InChI is InChI=1S/C53H100N4O4/c1-8-14-17-20-21-29-36-47-60-51(58)41-32-25-22-27-34-43-56(45-37-46-57(13-6)48(7)50(38-11-4)53(54)55-12-5)44-35-28-23-26-33-42-52(59)61-49(39-30-19-16-10-3)40-31-24-18-15-9-2/h12-13,49H,5-6,8-11,14-47H2,1-4,7H3,(H2,54,55)/b50-48+. The molecule has 0 aliphatic carbocycles. The van der Waals surface area contributed by atoms with E-state index in [1.54, 1.807) is 0 Å². The number of unbranched alkanes of at least 4 members (excludes halogenated alkanes) is 21. The molecular weight excluding hydrogens is 757 g/mol. The molecule has 0 spiro atoms. The summed E-state index contributed by atoms with van der Waals surface area (Å²) in [5, 5.41) is 0. The number of hydrogen-bond donors (Lipinski definition) is 1. The molecule has 0 aliphatic heterocycles. The molecular formula is C53H100N4O4. The maximum Gasteiger partial charge on any atom is 0.306 e. The second-order valence-corrected chi connectivity index (χ2v) is 17.6. The van der Waals surface area contributed by atoms with Crippen LogP contribution in [0.3, 0.4) is 0 Å². The molecule has 8 nitrogen and oxygen atoms in total. The number of aliphatic imine (C=N–C) groups is 1. The van der Waals surface area contributed by atoms with Crippen molar-refractivity contribution >= 4 is 17.8 Å². The molecule has 8 heteroatoms. The predicted octanol–water partition coefficient (Wildman–Crippen LogP) is 14.9. The number of nitrogens with zero attached hydrogens (tertiary/aromatic N) is 3. The summed E-state index contributed by atoms with van der Waals surface area (Å²) in [4.78, 5) is 34.2. The van der Waals surface area contributed by atoms with Crippen molar-refractivity contribution < 1.29 is 19.1 Å². The normalized spacial score (nSPS) is 12.7. The molecule has 0 aromatic carbocycles. The van der Waals surface area contributed by atoms with Crippen molar-refractivity contribution in [2.45, 2.75) is 253 Å². The molecule has 0 fully saturated rings. The van der Waals surface area contributed by atoms with E-state index in [1.807, 2.05) is 6.20 Å². The zero-order chi connectivity index (χ0) is 45.0. The van der Waals surface area contributed by atoms with Gasteiger partial charge in [-0.3, -0.25) is 9.59 Å². The van der Waals surface area contributed by atoms with Gasteiger partial charge >= 0.3 is 11.9 Å². The van der Waals surface area contributed by atoms with Crippen LogP contribution in [0.15, 0.2) is 41.8 Å². The van der Waals surface area contributed by atoms with E-state index in [4.69, 9.17) is 15.2 Å². The molecule has 1 atom stereocenters.